The molecule has 162 valence electrons. The minimum atomic E-state index is -4.62. The van der Waals surface area contributed by atoms with E-state index in [0.717, 1.165) is 17.1 Å². The number of thiazole rings is 1. The van der Waals surface area contributed by atoms with E-state index >= 15 is 0 Å². The fourth-order valence-corrected chi connectivity index (χ4v) is 3.72. The van der Waals surface area contributed by atoms with Crippen molar-refractivity contribution in [2.45, 2.75) is 32.4 Å². The first-order chi connectivity index (χ1) is 14.4. The number of nitrogens with zero attached hydrogens (tertiary/aromatic N) is 2. The molecule has 0 fully saturated rings. The maximum atomic E-state index is 13.3. The summed E-state index contributed by atoms with van der Waals surface area (Å²) in [5, 5.41) is 14.8. The molecule has 0 bridgehead atoms. The van der Waals surface area contributed by atoms with E-state index in [2.05, 4.69) is 10.3 Å². The first kappa shape index (κ1) is 22.4. The molecule has 1 N–H and O–H groups in total. The summed E-state index contributed by atoms with van der Waals surface area (Å²) < 4.78 is 40.0. The molecule has 0 aliphatic carbocycles. The summed E-state index contributed by atoms with van der Waals surface area (Å²) in [5.41, 5.74) is -1.96. The van der Waals surface area contributed by atoms with Crippen molar-refractivity contribution >= 4 is 28.6 Å². The van der Waals surface area contributed by atoms with Crippen molar-refractivity contribution in [2.75, 3.05) is 5.32 Å². The van der Waals surface area contributed by atoms with Crippen LogP contribution in [0.5, 0.6) is 0 Å². The standard InChI is InChI=1S/C21H18F3N3O3S/c1-20(2,3)19-25-11-17(31-19)18(28)26-15-9-8-12(10-16(15)27(29)30)13-6-4-5-7-14(13)21(22,23)24/h4-11H,1-3H3,(H,26,28). The zero-order valence-electron chi connectivity index (χ0n) is 16.8. The van der Waals surface area contributed by atoms with Crippen LogP contribution in [0.2, 0.25) is 0 Å². The maximum absolute atomic E-state index is 13.3. The number of benzene rings is 2. The third-order valence-electron chi connectivity index (χ3n) is 4.36. The quantitative estimate of drug-likeness (QED) is 0.375. The summed E-state index contributed by atoms with van der Waals surface area (Å²) in [6.45, 7) is 5.82. The van der Waals surface area contributed by atoms with Crippen molar-refractivity contribution in [1.29, 1.82) is 0 Å². The lowest BCUT2D eigenvalue weighted by molar-refractivity contribution is -0.383. The molecule has 0 aliphatic heterocycles. The van der Waals surface area contributed by atoms with Gasteiger partial charge in [0.1, 0.15) is 10.6 Å². The van der Waals surface area contributed by atoms with E-state index < -0.39 is 28.3 Å². The molecule has 0 spiro atoms. The number of carbonyl (C=O) groups is 1. The summed E-state index contributed by atoms with van der Waals surface area (Å²) in [6, 6.07) is 8.37. The van der Waals surface area contributed by atoms with Crippen LogP contribution in [-0.2, 0) is 11.6 Å². The van der Waals surface area contributed by atoms with E-state index in [1.807, 2.05) is 20.8 Å². The monoisotopic (exact) mass is 449 g/mol. The topological polar surface area (TPSA) is 85.1 Å². The molecule has 2 aromatic carbocycles. The number of alkyl halides is 3. The van der Waals surface area contributed by atoms with Crippen LogP contribution in [0.15, 0.2) is 48.7 Å². The summed E-state index contributed by atoms with van der Waals surface area (Å²) >= 11 is 1.17. The van der Waals surface area contributed by atoms with Crippen molar-refractivity contribution in [3.8, 4) is 11.1 Å². The van der Waals surface area contributed by atoms with E-state index in [4.69, 9.17) is 0 Å². The minimum Gasteiger partial charge on any atom is -0.315 e. The Morgan fingerprint density at radius 2 is 1.81 bits per heavy atom. The molecule has 6 nitrogen and oxygen atoms in total. The van der Waals surface area contributed by atoms with Gasteiger partial charge in [-0.3, -0.25) is 14.9 Å². The first-order valence-electron chi connectivity index (χ1n) is 9.10. The number of nitrogens with one attached hydrogen (secondary N) is 1. The van der Waals surface area contributed by atoms with Crippen molar-refractivity contribution < 1.29 is 22.9 Å². The second kappa shape index (κ2) is 8.10. The van der Waals surface area contributed by atoms with Gasteiger partial charge in [0.15, 0.2) is 0 Å². The van der Waals surface area contributed by atoms with Crippen LogP contribution in [0, 0.1) is 10.1 Å². The van der Waals surface area contributed by atoms with E-state index in [1.54, 1.807) is 0 Å². The van der Waals surface area contributed by atoms with Gasteiger partial charge in [-0.15, -0.1) is 11.3 Å². The van der Waals surface area contributed by atoms with Gasteiger partial charge < -0.3 is 5.32 Å². The Bertz CT molecular complexity index is 1150. The lowest BCUT2D eigenvalue weighted by atomic mass is 9.98. The molecule has 0 atom stereocenters. The normalized spacial score (nSPS) is 11.9. The second-order valence-electron chi connectivity index (χ2n) is 7.77. The van der Waals surface area contributed by atoms with Crippen LogP contribution < -0.4 is 5.32 Å². The van der Waals surface area contributed by atoms with Crippen LogP contribution in [0.1, 0.15) is 41.0 Å². The summed E-state index contributed by atoms with van der Waals surface area (Å²) in [4.78, 5) is 27.9. The Morgan fingerprint density at radius 1 is 1.13 bits per heavy atom. The van der Waals surface area contributed by atoms with Crippen LogP contribution in [0.25, 0.3) is 11.1 Å². The molecule has 31 heavy (non-hydrogen) atoms. The zero-order chi connectivity index (χ0) is 23.0. The molecule has 0 radical (unpaired) electrons. The fourth-order valence-electron chi connectivity index (χ4n) is 2.85. The van der Waals surface area contributed by atoms with Gasteiger partial charge in [0.05, 0.1) is 21.7 Å². The molecule has 3 aromatic rings. The van der Waals surface area contributed by atoms with E-state index in [9.17, 15) is 28.1 Å². The molecule has 0 unspecified atom stereocenters. The average Bonchev–Trinajstić information content (AvgIpc) is 3.18. The Kier molecular flexibility index (Phi) is 5.86. The van der Waals surface area contributed by atoms with Crippen molar-refractivity contribution in [2.24, 2.45) is 0 Å². The highest BCUT2D eigenvalue weighted by Gasteiger charge is 2.33. The number of aromatic nitrogens is 1. The number of hydrogen-bond acceptors (Lipinski definition) is 5. The van der Waals surface area contributed by atoms with Gasteiger partial charge in [-0.05, 0) is 23.3 Å². The lowest BCUT2D eigenvalue weighted by Crippen LogP contribution is -2.12. The number of hydrogen-bond donors (Lipinski definition) is 1. The van der Waals surface area contributed by atoms with Crippen LogP contribution in [0.4, 0.5) is 24.5 Å². The number of anilines is 1. The number of amides is 1. The number of halogens is 3. The smallest absolute Gasteiger partial charge is 0.315 e. The number of carbonyl (C=O) groups excluding carboxylic acids is 1. The summed E-state index contributed by atoms with van der Waals surface area (Å²) in [6.07, 6.45) is -3.23. The predicted molar refractivity (Wildman–Crippen MR) is 112 cm³/mol. The Morgan fingerprint density at radius 3 is 2.39 bits per heavy atom. The maximum Gasteiger partial charge on any atom is 0.417 e. The molecule has 10 heteroatoms. The van der Waals surface area contributed by atoms with E-state index in [0.29, 0.717) is 0 Å². The highest BCUT2D eigenvalue weighted by molar-refractivity contribution is 7.13. The van der Waals surface area contributed by atoms with Gasteiger partial charge in [0.25, 0.3) is 11.6 Å². The van der Waals surface area contributed by atoms with Gasteiger partial charge in [0.2, 0.25) is 0 Å². The molecular weight excluding hydrogens is 431 g/mol. The fraction of sp³-hybridized carbons (Fsp3) is 0.238. The Hall–Kier alpha value is -3.27. The molecule has 1 amide bonds. The van der Waals surface area contributed by atoms with Gasteiger partial charge in [-0.1, -0.05) is 45.0 Å². The SMILES string of the molecule is CC(C)(C)c1ncc(C(=O)Nc2ccc(-c3ccccc3C(F)(F)F)cc2[N+](=O)[O-])s1. The average molecular weight is 449 g/mol. The van der Waals surface area contributed by atoms with Crippen LogP contribution in [-0.4, -0.2) is 15.8 Å². The Labute approximate surface area is 179 Å². The minimum absolute atomic E-state index is 0.0189. The van der Waals surface area contributed by atoms with Gasteiger partial charge in [0, 0.05) is 11.5 Å². The zero-order valence-corrected chi connectivity index (χ0v) is 17.6. The van der Waals surface area contributed by atoms with Crippen molar-refractivity contribution in [1.82, 2.24) is 4.98 Å². The molecule has 1 aromatic heterocycles. The molecule has 0 aliphatic rings. The van der Waals surface area contributed by atoms with Gasteiger partial charge in [-0.2, -0.15) is 13.2 Å². The van der Waals surface area contributed by atoms with Gasteiger partial charge >= 0.3 is 6.18 Å². The van der Waals surface area contributed by atoms with Crippen molar-refractivity contribution in [3.63, 3.8) is 0 Å². The van der Waals surface area contributed by atoms with Gasteiger partial charge in [-0.25, -0.2) is 4.98 Å². The van der Waals surface area contributed by atoms with E-state index in [1.165, 1.54) is 47.9 Å². The summed E-state index contributed by atoms with van der Waals surface area (Å²) in [5.74, 6) is -0.584. The molecule has 0 saturated carbocycles. The Balaban J connectivity index is 1.97. The predicted octanol–water partition coefficient (Wildman–Crippen LogP) is 6.29. The third kappa shape index (κ3) is 4.91. The number of nitro benzene ring substituents is 1. The van der Waals surface area contributed by atoms with Crippen LogP contribution in [0.3, 0.4) is 0 Å². The number of rotatable bonds is 4. The van der Waals surface area contributed by atoms with E-state index in [-0.39, 0.29) is 27.1 Å². The second-order valence-corrected chi connectivity index (χ2v) is 8.80. The first-order valence-corrected chi connectivity index (χ1v) is 9.92. The highest BCUT2D eigenvalue weighted by Crippen LogP contribution is 2.39. The molecule has 1 heterocycles. The largest absolute Gasteiger partial charge is 0.417 e. The van der Waals surface area contributed by atoms with Crippen LogP contribution >= 0.6 is 11.3 Å². The molecular formula is C21H18F3N3O3S. The molecule has 3 rings (SSSR count). The highest BCUT2D eigenvalue weighted by atomic mass is 32.1. The summed E-state index contributed by atoms with van der Waals surface area (Å²) in [7, 11) is 0. The molecule has 0 saturated heterocycles. The lowest BCUT2D eigenvalue weighted by Gasteiger charge is -2.14. The van der Waals surface area contributed by atoms with Crippen molar-refractivity contribution in [3.05, 3.63) is 74.2 Å². The number of nitro groups is 1. The third-order valence-corrected chi connectivity index (χ3v) is 5.78.